The first-order valence-corrected chi connectivity index (χ1v) is 11.1. The second kappa shape index (κ2) is 15.2. The number of ether oxygens (including phenoxy) is 2. The fraction of sp³-hybridized carbons (Fsp3) is 0.360. The summed E-state index contributed by atoms with van der Waals surface area (Å²) in [7, 11) is 0. The summed E-state index contributed by atoms with van der Waals surface area (Å²) in [5.74, 6) is -4.72. The molecule has 0 bridgehead atoms. The molecular weight excluding hydrogens is 497 g/mol. The number of carboxylic acids is 1. The number of carbonyl (C=O) groups is 4. The number of carbonyl (C=O) groups excluding carboxylic acids is 3. The van der Waals surface area contributed by atoms with Gasteiger partial charge in [-0.05, 0) is 17.0 Å². The number of aliphatic carboxylic acids is 1. The van der Waals surface area contributed by atoms with Crippen LogP contribution in [0.2, 0.25) is 0 Å². The maximum Gasteiger partial charge on any atom is 0.490 e. The van der Waals surface area contributed by atoms with Crippen LogP contribution in [0.15, 0.2) is 60.7 Å². The molecule has 0 heterocycles. The van der Waals surface area contributed by atoms with Crippen molar-refractivity contribution < 1.29 is 46.9 Å². The van der Waals surface area contributed by atoms with Crippen molar-refractivity contribution >= 4 is 23.8 Å². The van der Waals surface area contributed by atoms with Crippen LogP contribution in [0, 0.1) is 5.92 Å². The lowest BCUT2D eigenvalue weighted by Gasteiger charge is -2.22. The van der Waals surface area contributed by atoms with Gasteiger partial charge in [0.15, 0.2) is 0 Å². The number of halogens is 3. The molecule has 0 radical (unpaired) electrons. The molecule has 0 fully saturated rings. The van der Waals surface area contributed by atoms with Crippen LogP contribution in [-0.2, 0) is 41.9 Å². The minimum absolute atomic E-state index is 0.106. The lowest BCUT2D eigenvalue weighted by molar-refractivity contribution is -0.192. The molecule has 4 N–H and O–H groups in total. The van der Waals surface area contributed by atoms with Gasteiger partial charge in [0.1, 0.15) is 19.3 Å². The van der Waals surface area contributed by atoms with Crippen molar-refractivity contribution in [2.75, 3.05) is 0 Å². The average molecular weight is 527 g/mol. The number of nitrogens with one attached hydrogen (secondary N) is 1. The molecule has 2 aromatic rings. The van der Waals surface area contributed by atoms with E-state index in [1.54, 1.807) is 13.8 Å². The Morgan fingerprint density at radius 2 is 1.32 bits per heavy atom. The van der Waals surface area contributed by atoms with Gasteiger partial charge in [-0.2, -0.15) is 13.2 Å². The maximum atomic E-state index is 12.4. The molecule has 0 aromatic heterocycles. The van der Waals surface area contributed by atoms with Gasteiger partial charge in [-0.3, -0.25) is 9.59 Å². The fourth-order valence-electron chi connectivity index (χ4n) is 2.65. The highest BCUT2D eigenvalue weighted by atomic mass is 19.4. The second-order valence-electron chi connectivity index (χ2n) is 8.08. The van der Waals surface area contributed by atoms with Gasteiger partial charge < -0.3 is 25.6 Å². The molecule has 202 valence electrons. The largest absolute Gasteiger partial charge is 0.490 e. The van der Waals surface area contributed by atoms with Crippen LogP contribution in [0.25, 0.3) is 0 Å². The Hall–Kier alpha value is -3.93. The zero-order valence-electron chi connectivity index (χ0n) is 20.2. The molecule has 0 aliphatic rings. The standard InChI is InChI=1S/C23H28N2O5.C2HF3O2/c1-16(2)21(23(28)30-15-18-11-7-4-8-12-18)25-22(27)19(24)13-20(26)29-14-17-9-5-3-6-10-17;3-2(4,5)1(6)7/h3-12,16,19,21H,13-15,24H2,1-2H3,(H,25,27);(H,6,7)/t19-,21-;/m0./s1. The van der Waals surface area contributed by atoms with Crippen LogP contribution in [0.4, 0.5) is 13.2 Å². The van der Waals surface area contributed by atoms with Gasteiger partial charge in [0.05, 0.1) is 12.5 Å². The van der Waals surface area contributed by atoms with Crippen molar-refractivity contribution in [3.8, 4) is 0 Å². The summed E-state index contributed by atoms with van der Waals surface area (Å²) in [6.07, 6.45) is -5.37. The lowest BCUT2D eigenvalue weighted by atomic mass is 10.0. The Kier molecular flexibility index (Phi) is 12.8. The van der Waals surface area contributed by atoms with Crippen LogP contribution >= 0.6 is 0 Å². The van der Waals surface area contributed by atoms with Gasteiger partial charge in [-0.15, -0.1) is 0 Å². The SMILES string of the molecule is CC(C)[C@H](NC(=O)[C@@H](N)CC(=O)OCc1ccccc1)C(=O)OCc1ccccc1.O=C(O)C(F)(F)F. The third-order valence-corrected chi connectivity index (χ3v) is 4.65. The Morgan fingerprint density at radius 3 is 1.73 bits per heavy atom. The zero-order valence-corrected chi connectivity index (χ0v) is 20.2. The molecule has 37 heavy (non-hydrogen) atoms. The van der Waals surface area contributed by atoms with E-state index in [1.165, 1.54) is 0 Å². The minimum Gasteiger partial charge on any atom is -0.475 e. The number of esters is 2. The summed E-state index contributed by atoms with van der Waals surface area (Å²) in [5, 5.41) is 9.71. The summed E-state index contributed by atoms with van der Waals surface area (Å²) >= 11 is 0. The lowest BCUT2D eigenvalue weighted by Crippen LogP contribution is -2.51. The molecular formula is C25H29F3N2O7. The highest BCUT2D eigenvalue weighted by Crippen LogP contribution is 2.13. The predicted molar refractivity (Wildman–Crippen MR) is 126 cm³/mol. The fourth-order valence-corrected chi connectivity index (χ4v) is 2.65. The van der Waals surface area contributed by atoms with Gasteiger partial charge in [0.25, 0.3) is 0 Å². The highest BCUT2D eigenvalue weighted by molar-refractivity contribution is 5.90. The summed E-state index contributed by atoms with van der Waals surface area (Å²) in [6, 6.07) is 16.4. The maximum absolute atomic E-state index is 12.4. The monoisotopic (exact) mass is 526 g/mol. The van der Waals surface area contributed by atoms with E-state index in [9.17, 15) is 27.6 Å². The molecule has 0 saturated carbocycles. The van der Waals surface area contributed by atoms with Crippen molar-refractivity contribution in [3.05, 3.63) is 71.8 Å². The molecule has 0 aliphatic heterocycles. The number of benzene rings is 2. The molecule has 2 rings (SSSR count). The van der Waals surface area contributed by atoms with Crippen LogP contribution in [-0.4, -0.2) is 47.2 Å². The number of hydrogen-bond donors (Lipinski definition) is 3. The van der Waals surface area contributed by atoms with Crippen LogP contribution in [0.3, 0.4) is 0 Å². The first kappa shape index (κ1) is 31.1. The number of amides is 1. The molecule has 2 atom stereocenters. The van der Waals surface area contributed by atoms with E-state index >= 15 is 0 Å². The number of nitrogens with two attached hydrogens (primary N) is 1. The summed E-state index contributed by atoms with van der Waals surface area (Å²) < 4.78 is 42.2. The first-order chi connectivity index (χ1) is 17.3. The van der Waals surface area contributed by atoms with Crippen LogP contribution in [0.5, 0.6) is 0 Å². The van der Waals surface area contributed by atoms with E-state index in [0.29, 0.717) is 0 Å². The molecule has 12 heteroatoms. The Labute approximate surface area is 211 Å². The van der Waals surface area contributed by atoms with Gasteiger partial charge in [-0.25, -0.2) is 9.59 Å². The van der Waals surface area contributed by atoms with Crippen molar-refractivity contribution in [2.45, 2.75) is 51.7 Å². The predicted octanol–water partition coefficient (Wildman–Crippen LogP) is 2.96. The first-order valence-electron chi connectivity index (χ1n) is 11.1. The van der Waals surface area contributed by atoms with Crippen molar-refractivity contribution in [2.24, 2.45) is 11.7 Å². The number of hydrogen-bond acceptors (Lipinski definition) is 7. The van der Waals surface area contributed by atoms with Gasteiger partial charge in [-0.1, -0.05) is 74.5 Å². The number of rotatable bonds is 10. The van der Waals surface area contributed by atoms with E-state index in [-0.39, 0.29) is 25.6 Å². The molecule has 0 saturated heterocycles. The molecule has 2 aromatic carbocycles. The van der Waals surface area contributed by atoms with Gasteiger partial charge in [0.2, 0.25) is 5.91 Å². The molecule has 9 nitrogen and oxygen atoms in total. The summed E-state index contributed by atoms with van der Waals surface area (Å²) in [4.78, 5) is 45.7. The van der Waals surface area contributed by atoms with E-state index < -0.39 is 42.1 Å². The quantitative estimate of drug-likeness (QED) is 0.401. The smallest absolute Gasteiger partial charge is 0.475 e. The van der Waals surface area contributed by atoms with Crippen molar-refractivity contribution in [1.29, 1.82) is 0 Å². The third kappa shape index (κ3) is 12.5. The third-order valence-electron chi connectivity index (χ3n) is 4.65. The number of carboxylic acid groups (broad SMARTS) is 1. The normalized spacial score (nSPS) is 12.4. The van der Waals surface area contributed by atoms with E-state index in [1.807, 2.05) is 60.7 Å². The van der Waals surface area contributed by atoms with E-state index in [2.05, 4.69) is 5.32 Å². The van der Waals surface area contributed by atoms with E-state index in [4.69, 9.17) is 25.1 Å². The van der Waals surface area contributed by atoms with Gasteiger partial charge in [0, 0.05) is 0 Å². The van der Waals surface area contributed by atoms with Gasteiger partial charge >= 0.3 is 24.1 Å². The van der Waals surface area contributed by atoms with Crippen molar-refractivity contribution in [1.82, 2.24) is 5.32 Å². The summed E-state index contributed by atoms with van der Waals surface area (Å²) in [5.41, 5.74) is 7.52. The second-order valence-corrected chi connectivity index (χ2v) is 8.08. The highest BCUT2D eigenvalue weighted by Gasteiger charge is 2.38. The van der Waals surface area contributed by atoms with E-state index in [0.717, 1.165) is 11.1 Å². The molecule has 1 amide bonds. The minimum atomic E-state index is -5.08. The average Bonchev–Trinajstić information content (AvgIpc) is 2.85. The number of alkyl halides is 3. The van der Waals surface area contributed by atoms with Crippen LogP contribution < -0.4 is 11.1 Å². The summed E-state index contributed by atoms with van der Waals surface area (Å²) in [6.45, 7) is 3.79. The zero-order chi connectivity index (χ0) is 28.0. The Balaban J connectivity index is 0.000000856. The molecule has 0 unspecified atom stereocenters. The van der Waals surface area contributed by atoms with Crippen LogP contribution in [0.1, 0.15) is 31.4 Å². The molecule has 0 aliphatic carbocycles. The topological polar surface area (TPSA) is 145 Å². The molecule has 0 spiro atoms. The Morgan fingerprint density at radius 1 is 0.892 bits per heavy atom. The Bertz CT molecular complexity index is 1020. The van der Waals surface area contributed by atoms with Crippen molar-refractivity contribution in [3.63, 3.8) is 0 Å².